The molecule has 1 aromatic rings. The molecule has 0 bridgehead atoms. The molecule has 1 spiro atoms. The van der Waals surface area contributed by atoms with Gasteiger partial charge in [0.1, 0.15) is 0 Å². The predicted octanol–water partition coefficient (Wildman–Crippen LogP) is 2.94. The lowest BCUT2D eigenvalue weighted by molar-refractivity contribution is 0.442. The predicted molar refractivity (Wildman–Crippen MR) is 68.6 cm³/mol. The summed E-state index contributed by atoms with van der Waals surface area (Å²) in [6.45, 7) is 3.08. The van der Waals surface area contributed by atoms with Gasteiger partial charge in [0.2, 0.25) is 0 Å². The molecule has 1 aliphatic heterocycles. The van der Waals surface area contributed by atoms with Crippen LogP contribution in [0.2, 0.25) is 10.0 Å². The Balaban J connectivity index is 1.88. The van der Waals surface area contributed by atoms with Gasteiger partial charge in [-0.25, -0.2) is 0 Å². The minimum Gasteiger partial charge on any atom is -0.367 e. The number of hydrogen-bond acceptors (Lipinski definition) is 2. The lowest BCUT2D eigenvalue weighted by Crippen LogP contribution is -2.52. The summed E-state index contributed by atoms with van der Waals surface area (Å²) in [4.78, 5) is 2.34. The van der Waals surface area contributed by atoms with E-state index in [-0.39, 0.29) is 0 Å². The van der Waals surface area contributed by atoms with Crippen molar-refractivity contribution < 1.29 is 0 Å². The van der Waals surface area contributed by atoms with Gasteiger partial charge in [0.05, 0.1) is 15.7 Å². The third-order valence-corrected chi connectivity index (χ3v) is 4.31. The summed E-state index contributed by atoms with van der Waals surface area (Å²) in [5.74, 6) is 0. The average molecular weight is 257 g/mol. The zero-order valence-electron chi connectivity index (χ0n) is 8.97. The van der Waals surface area contributed by atoms with Crippen molar-refractivity contribution >= 4 is 28.9 Å². The fourth-order valence-electron chi connectivity index (χ4n) is 2.38. The van der Waals surface area contributed by atoms with Gasteiger partial charge >= 0.3 is 0 Å². The topological polar surface area (TPSA) is 15.3 Å². The molecular formula is C12H14Cl2N2. The van der Waals surface area contributed by atoms with E-state index < -0.39 is 0 Å². The lowest BCUT2D eigenvalue weighted by atomic mass is 10.1. The molecule has 1 aliphatic carbocycles. The number of nitrogens with zero attached hydrogens (tertiary/aromatic N) is 1. The van der Waals surface area contributed by atoms with Crippen LogP contribution in [-0.4, -0.2) is 25.2 Å². The van der Waals surface area contributed by atoms with Gasteiger partial charge in [-0.3, -0.25) is 0 Å². The third kappa shape index (κ3) is 1.79. The summed E-state index contributed by atoms with van der Waals surface area (Å²) in [7, 11) is 0. The first-order chi connectivity index (χ1) is 7.70. The number of rotatable bonds is 1. The summed E-state index contributed by atoms with van der Waals surface area (Å²) in [6, 6.07) is 5.85. The number of anilines is 1. The van der Waals surface area contributed by atoms with Crippen molar-refractivity contribution in [1.29, 1.82) is 0 Å². The normalized spacial score (nSPS) is 22.5. The van der Waals surface area contributed by atoms with E-state index in [9.17, 15) is 0 Å². The van der Waals surface area contributed by atoms with Crippen LogP contribution in [0.4, 0.5) is 5.69 Å². The molecule has 4 heteroatoms. The van der Waals surface area contributed by atoms with Gasteiger partial charge in [0.25, 0.3) is 0 Å². The Morgan fingerprint density at radius 1 is 1.25 bits per heavy atom. The molecule has 16 heavy (non-hydrogen) atoms. The fourth-order valence-corrected chi connectivity index (χ4v) is 2.80. The Hall–Kier alpha value is -0.440. The van der Waals surface area contributed by atoms with Crippen LogP contribution in [0.15, 0.2) is 18.2 Å². The van der Waals surface area contributed by atoms with Gasteiger partial charge in [0, 0.05) is 25.2 Å². The van der Waals surface area contributed by atoms with Crippen LogP contribution in [0, 0.1) is 0 Å². The molecule has 0 atom stereocenters. The molecule has 2 aliphatic rings. The SMILES string of the molecule is Clc1cccc(N2CCNC3(CC3)C2)c1Cl. The molecule has 0 amide bonds. The largest absolute Gasteiger partial charge is 0.367 e. The minimum atomic E-state index is 0.365. The Morgan fingerprint density at radius 3 is 2.81 bits per heavy atom. The third-order valence-electron chi connectivity index (χ3n) is 3.50. The number of nitrogens with one attached hydrogen (secondary N) is 1. The molecule has 1 saturated carbocycles. The summed E-state index contributed by atoms with van der Waals surface area (Å²) in [5, 5.41) is 4.91. The van der Waals surface area contributed by atoms with Gasteiger partial charge in [-0.15, -0.1) is 0 Å². The number of benzene rings is 1. The van der Waals surface area contributed by atoms with Crippen molar-refractivity contribution in [3.8, 4) is 0 Å². The molecule has 1 aromatic carbocycles. The second kappa shape index (κ2) is 3.80. The highest BCUT2D eigenvalue weighted by Crippen LogP contribution is 2.41. The van der Waals surface area contributed by atoms with Crippen LogP contribution in [-0.2, 0) is 0 Å². The van der Waals surface area contributed by atoms with Crippen LogP contribution in [0.1, 0.15) is 12.8 Å². The van der Waals surface area contributed by atoms with Crippen molar-refractivity contribution in [2.75, 3.05) is 24.5 Å². The molecular weight excluding hydrogens is 243 g/mol. The molecule has 1 heterocycles. The first kappa shape index (κ1) is 10.7. The Bertz CT molecular complexity index is 415. The number of halogens is 2. The van der Waals surface area contributed by atoms with Gasteiger partial charge in [0.15, 0.2) is 0 Å². The molecule has 3 rings (SSSR count). The monoisotopic (exact) mass is 256 g/mol. The Kier molecular flexibility index (Phi) is 2.54. The maximum atomic E-state index is 6.25. The van der Waals surface area contributed by atoms with E-state index in [1.807, 2.05) is 12.1 Å². The van der Waals surface area contributed by atoms with Gasteiger partial charge in [-0.1, -0.05) is 29.3 Å². The highest BCUT2D eigenvalue weighted by Gasteiger charge is 2.45. The summed E-state index contributed by atoms with van der Waals surface area (Å²) < 4.78 is 0. The van der Waals surface area contributed by atoms with Crippen LogP contribution in [0.5, 0.6) is 0 Å². The van der Waals surface area contributed by atoms with E-state index in [0.717, 1.165) is 25.3 Å². The number of hydrogen-bond donors (Lipinski definition) is 1. The van der Waals surface area contributed by atoms with Crippen LogP contribution in [0.25, 0.3) is 0 Å². The summed E-state index contributed by atoms with van der Waals surface area (Å²) in [6.07, 6.45) is 2.56. The smallest absolute Gasteiger partial charge is 0.0825 e. The average Bonchev–Trinajstić information content (AvgIpc) is 3.02. The molecule has 0 aromatic heterocycles. The Morgan fingerprint density at radius 2 is 2.06 bits per heavy atom. The van der Waals surface area contributed by atoms with Crippen molar-refractivity contribution in [2.45, 2.75) is 18.4 Å². The standard InChI is InChI=1S/C12H14Cl2N2/c13-9-2-1-3-10(11(9)14)16-7-6-15-12(8-16)4-5-12/h1-3,15H,4-8H2. The highest BCUT2D eigenvalue weighted by molar-refractivity contribution is 6.43. The molecule has 0 unspecified atom stereocenters. The molecule has 2 nitrogen and oxygen atoms in total. The van der Waals surface area contributed by atoms with Crippen molar-refractivity contribution in [1.82, 2.24) is 5.32 Å². The maximum Gasteiger partial charge on any atom is 0.0825 e. The van der Waals surface area contributed by atoms with Gasteiger partial charge in [-0.2, -0.15) is 0 Å². The second-order valence-electron chi connectivity index (χ2n) is 4.70. The van der Waals surface area contributed by atoms with E-state index in [1.165, 1.54) is 12.8 Å². The zero-order valence-corrected chi connectivity index (χ0v) is 10.5. The first-order valence-electron chi connectivity index (χ1n) is 5.64. The van der Waals surface area contributed by atoms with Gasteiger partial charge in [-0.05, 0) is 25.0 Å². The maximum absolute atomic E-state index is 6.25. The van der Waals surface area contributed by atoms with E-state index in [4.69, 9.17) is 23.2 Å². The lowest BCUT2D eigenvalue weighted by Gasteiger charge is -2.36. The molecule has 1 N–H and O–H groups in total. The highest BCUT2D eigenvalue weighted by atomic mass is 35.5. The fraction of sp³-hybridized carbons (Fsp3) is 0.500. The van der Waals surface area contributed by atoms with Crippen molar-refractivity contribution in [3.05, 3.63) is 28.2 Å². The second-order valence-corrected chi connectivity index (χ2v) is 5.49. The molecule has 2 fully saturated rings. The van der Waals surface area contributed by atoms with Crippen LogP contribution >= 0.6 is 23.2 Å². The van der Waals surface area contributed by atoms with E-state index in [0.29, 0.717) is 15.6 Å². The number of piperazine rings is 1. The van der Waals surface area contributed by atoms with E-state index in [1.54, 1.807) is 0 Å². The first-order valence-corrected chi connectivity index (χ1v) is 6.40. The summed E-state index contributed by atoms with van der Waals surface area (Å²) in [5.41, 5.74) is 1.44. The van der Waals surface area contributed by atoms with Crippen molar-refractivity contribution in [3.63, 3.8) is 0 Å². The molecule has 86 valence electrons. The van der Waals surface area contributed by atoms with Crippen molar-refractivity contribution in [2.24, 2.45) is 0 Å². The molecule has 0 radical (unpaired) electrons. The molecule has 1 saturated heterocycles. The van der Waals surface area contributed by atoms with Gasteiger partial charge < -0.3 is 10.2 Å². The minimum absolute atomic E-state index is 0.365. The zero-order chi connectivity index (χ0) is 11.2. The Labute approximate surface area is 106 Å². The van der Waals surface area contributed by atoms with E-state index >= 15 is 0 Å². The quantitative estimate of drug-likeness (QED) is 0.832. The van der Waals surface area contributed by atoms with Crippen LogP contribution < -0.4 is 10.2 Å². The van der Waals surface area contributed by atoms with E-state index in [2.05, 4.69) is 16.3 Å². The summed E-state index contributed by atoms with van der Waals surface area (Å²) >= 11 is 12.3. The van der Waals surface area contributed by atoms with Crippen LogP contribution in [0.3, 0.4) is 0 Å².